The SMILES string of the molecule is CCCN1C(C)=C(C(=O)OCC)[C@]23C(=O)c4ccccc4[C@]12OC(N)=C3C#N. The highest BCUT2D eigenvalue weighted by Crippen LogP contribution is 2.70. The van der Waals surface area contributed by atoms with Crippen LogP contribution in [0.15, 0.2) is 47.0 Å². The van der Waals surface area contributed by atoms with E-state index in [4.69, 9.17) is 15.2 Å². The lowest BCUT2D eigenvalue weighted by Crippen LogP contribution is -2.52. The minimum Gasteiger partial charge on any atom is -0.463 e. The molecule has 0 saturated heterocycles. The molecule has 1 aromatic rings. The van der Waals surface area contributed by atoms with Crippen molar-refractivity contribution in [2.75, 3.05) is 13.2 Å². The van der Waals surface area contributed by atoms with Gasteiger partial charge in [0.1, 0.15) is 11.6 Å². The van der Waals surface area contributed by atoms with Crippen molar-refractivity contribution in [1.82, 2.24) is 4.90 Å². The summed E-state index contributed by atoms with van der Waals surface area (Å²) < 4.78 is 11.5. The number of esters is 1. The molecule has 3 aliphatic rings. The number of ketones is 1. The summed E-state index contributed by atoms with van der Waals surface area (Å²) >= 11 is 0. The van der Waals surface area contributed by atoms with Gasteiger partial charge in [0.05, 0.1) is 12.2 Å². The average Bonchev–Trinajstić information content (AvgIpc) is 3.14. The van der Waals surface area contributed by atoms with Gasteiger partial charge in [-0.25, -0.2) is 4.79 Å². The second kappa shape index (κ2) is 5.86. The molecule has 28 heavy (non-hydrogen) atoms. The molecule has 1 aromatic carbocycles. The van der Waals surface area contributed by atoms with E-state index in [0.717, 1.165) is 6.42 Å². The van der Waals surface area contributed by atoms with E-state index in [1.54, 1.807) is 32.0 Å². The van der Waals surface area contributed by atoms with Crippen LogP contribution in [0.1, 0.15) is 43.1 Å². The second-order valence-corrected chi connectivity index (χ2v) is 7.05. The third-order valence-electron chi connectivity index (χ3n) is 5.83. The highest BCUT2D eigenvalue weighted by atomic mass is 16.5. The maximum atomic E-state index is 13.8. The molecule has 7 heteroatoms. The fourth-order valence-corrected chi connectivity index (χ4v) is 4.99. The molecule has 2 N–H and O–H groups in total. The number of nitrogens with two attached hydrogens (primary N) is 1. The van der Waals surface area contributed by atoms with Crippen LogP contribution in [0.4, 0.5) is 0 Å². The fraction of sp³-hybridized carbons (Fsp3) is 0.381. The lowest BCUT2D eigenvalue weighted by Gasteiger charge is -2.41. The molecular weight excluding hydrogens is 358 g/mol. The van der Waals surface area contributed by atoms with Gasteiger partial charge in [-0.3, -0.25) is 4.79 Å². The Morgan fingerprint density at radius 3 is 2.71 bits per heavy atom. The molecule has 0 amide bonds. The number of hydrogen-bond donors (Lipinski definition) is 1. The first-order valence-electron chi connectivity index (χ1n) is 9.33. The van der Waals surface area contributed by atoms with E-state index < -0.39 is 17.1 Å². The third kappa shape index (κ3) is 1.69. The molecule has 1 aliphatic carbocycles. The largest absolute Gasteiger partial charge is 0.463 e. The van der Waals surface area contributed by atoms with Gasteiger partial charge >= 0.3 is 5.97 Å². The van der Waals surface area contributed by atoms with E-state index in [9.17, 15) is 14.9 Å². The highest BCUT2D eigenvalue weighted by Gasteiger charge is 2.80. The molecule has 2 heterocycles. The summed E-state index contributed by atoms with van der Waals surface area (Å²) in [6, 6.07) is 9.11. The van der Waals surface area contributed by atoms with Crippen LogP contribution in [0.25, 0.3) is 0 Å². The maximum absolute atomic E-state index is 13.8. The Balaban J connectivity index is 2.13. The van der Waals surface area contributed by atoms with Gasteiger partial charge in [0.2, 0.25) is 11.6 Å². The van der Waals surface area contributed by atoms with Gasteiger partial charge in [0.15, 0.2) is 11.2 Å². The van der Waals surface area contributed by atoms with Crippen molar-refractivity contribution < 1.29 is 19.1 Å². The highest BCUT2D eigenvalue weighted by molar-refractivity contribution is 6.17. The number of benzene rings is 1. The fourth-order valence-electron chi connectivity index (χ4n) is 4.99. The van der Waals surface area contributed by atoms with E-state index in [1.807, 2.05) is 17.9 Å². The molecule has 0 saturated carbocycles. The quantitative estimate of drug-likeness (QED) is 0.800. The van der Waals surface area contributed by atoms with Gasteiger partial charge in [-0.15, -0.1) is 0 Å². The van der Waals surface area contributed by atoms with Crippen LogP contribution >= 0.6 is 0 Å². The molecule has 0 aromatic heterocycles. The zero-order chi connectivity index (χ0) is 20.3. The Bertz CT molecular complexity index is 1020. The average molecular weight is 379 g/mol. The molecule has 0 spiro atoms. The zero-order valence-electron chi connectivity index (χ0n) is 16.0. The smallest absolute Gasteiger partial charge is 0.337 e. The Kier molecular flexibility index (Phi) is 3.79. The van der Waals surface area contributed by atoms with E-state index in [0.29, 0.717) is 23.4 Å². The third-order valence-corrected chi connectivity index (χ3v) is 5.83. The lowest BCUT2D eigenvalue weighted by atomic mass is 9.68. The van der Waals surface area contributed by atoms with Crippen molar-refractivity contribution in [3.8, 4) is 6.07 Å². The summed E-state index contributed by atoms with van der Waals surface area (Å²) in [5.41, 5.74) is 4.79. The zero-order valence-corrected chi connectivity index (χ0v) is 16.0. The van der Waals surface area contributed by atoms with Crippen molar-refractivity contribution in [1.29, 1.82) is 5.26 Å². The van der Waals surface area contributed by atoms with E-state index in [-0.39, 0.29) is 29.4 Å². The molecule has 0 fully saturated rings. The van der Waals surface area contributed by atoms with Crippen LogP contribution in [0, 0.1) is 16.7 Å². The minimum absolute atomic E-state index is 0.0327. The van der Waals surface area contributed by atoms with Gasteiger partial charge in [-0.1, -0.05) is 31.2 Å². The van der Waals surface area contributed by atoms with Gasteiger partial charge in [-0.05, 0) is 20.3 Å². The standard InChI is InChI=1S/C21H21N3O4/c1-4-10-24-12(3)16(19(26)27-5-2)20-15(11-22)18(23)28-21(20,24)14-9-7-6-8-13(14)17(20)25/h6-9H,4-5,10,23H2,1-3H3/t20-,21-/m1/s1. The van der Waals surface area contributed by atoms with Crippen molar-refractivity contribution in [3.05, 3.63) is 58.1 Å². The van der Waals surface area contributed by atoms with E-state index in [1.165, 1.54) is 0 Å². The summed E-state index contributed by atoms with van der Waals surface area (Å²) in [7, 11) is 0. The number of nitriles is 1. The molecule has 4 rings (SSSR count). The molecule has 0 bridgehead atoms. The number of nitrogens with zero attached hydrogens (tertiary/aromatic N) is 2. The summed E-state index contributed by atoms with van der Waals surface area (Å²) in [4.78, 5) is 28.8. The molecule has 144 valence electrons. The first kappa shape index (κ1) is 18.1. The number of ether oxygens (including phenoxy) is 2. The summed E-state index contributed by atoms with van der Waals surface area (Å²) in [6.07, 6.45) is 0.743. The Morgan fingerprint density at radius 2 is 2.07 bits per heavy atom. The van der Waals surface area contributed by atoms with E-state index in [2.05, 4.69) is 6.07 Å². The van der Waals surface area contributed by atoms with Crippen LogP contribution in [0.2, 0.25) is 0 Å². The number of allylic oxidation sites excluding steroid dienone is 1. The van der Waals surface area contributed by atoms with Crippen LogP contribution in [0.3, 0.4) is 0 Å². The van der Waals surface area contributed by atoms with Gasteiger partial charge in [0, 0.05) is 23.4 Å². The molecule has 2 atom stereocenters. The van der Waals surface area contributed by atoms with Crippen molar-refractivity contribution in [2.45, 2.75) is 32.9 Å². The van der Waals surface area contributed by atoms with Crippen molar-refractivity contribution >= 4 is 11.8 Å². The number of hydrogen-bond acceptors (Lipinski definition) is 7. The number of Topliss-reactive ketones (excluding diaryl/α,β-unsaturated/α-hetero) is 1. The van der Waals surface area contributed by atoms with Crippen LogP contribution in [-0.2, 0) is 20.0 Å². The second-order valence-electron chi connectivity index (χ2n) is 7.05. The number of carbonyl (C=O) groups excluding carboxylic acids is 2. The Labute approximate surface area is 163 Å². The summed E-state index contributed by atoms with van der Waals surface area (Å²) in [5, 5.41) is 9.94. The summed E-state index contributed by atoms with van der Waals surface area (Å²) in [6.45, 7) is 6.12. The van der Waals surface area contributed by atoms with Gasteiger partial charge < -0.3 is 20.1 Å². The maximum Gasteiger partial charge on any atom is 0.337 e. The topological polar surface area (TPSA) is 106 Å². The van der Waals surface area contributed by atoms with Crippen molar-refractivity contribution in [3.63, 3.8) is 0 Å². The van der Waals surface area contributed by atoms with E-state index >= 15 is 0 Å². The number of carbonyl (C=O) groups is 2. The number of fused-ring (bicyclic) bond motifs is 1. The van der Waals surface area contributed by atoms with Gasteiger partial charge in [0.25, 0.3) is 0 Å². The molecular formula is C21H21N3O4. The summed E-state index contributed by atoms with van der Waals surface area (Å²) in [5.74, 6) is -1.11. The first-order chi connectivity index (χ1) is 13.4. The minimum atomic E-state index is -1.65. The lowest BCUT2D eigenvalue weighted by molar-refractivity contribution is -0.143. The monoisotopic (exact) mass is 379 g/mol. The predicted molar refractivity (Wildman–Crippen MR) is 99.1 cm³/mol. The first-order valence-corrected chi connectivity index (χ1v) is 9.33. The Hall–Kier alpha value is -3.27. The predicted octanol–water partition coefficient (Wildman–Crippen LogP) is 2.31. The van der Waals surface area contributed by atoms with Crippen LogP contribution in [-0.4, -0.2) is 29.8 Å². The van der Waals surface area contributed by atoms with Crippen LogP contribution in [0.5, 0.6) is 0 Å². The van der Waals surface area contributed by atoms with Gasteiger partial charge in [-0.2, -0.15) is 5.26 Å². The Morgan fingerprint density at radius 1 is 1.36 bits per heavy atom. The molecule has 2 aliphatic heterocycles. The van der Waals surface area contributed by atoms with Crippen LogP contribution < -0.4 is 5.73 Å². The molecule has 0 unspecified atom stereocenters. The number of rotatable bonds is 4. The molecule has 0 radical (unpaired) electrons. The normalized spacial score (nSPS) is 27.4. The molecule has 7 nitrogen and oxygen atoms in total. The van der Waals surface area contributed by atoms with Crippen molar-refractivity contribution in [2.24, 2.45) is 11.1 Å².